The number of nitrogens with zero attached hydrogens (tertiary/aromatic N) is 2. The molecule has 0 saturated heterocycles. The molecule has 0 radical (unpaired) electrons. The van der Waals surface area contributed by atoms with E-state index in [9.17, 15) is 0 Å². The van der Waals surface area contributed by atoms with Gasteiger partial charge in [0.2, 0.25) is 0 Å². The highest BCUT2D eigenvalue weighted by Gasteiger charge is 2.16. The van der Waals surface area contributed by atoms with Crippen LogP contribution in [-0.4, -0.2) is 9.13 Å². The van der Waals surface area contributed by atoms with Gasteiger partial charge in [-0.1, -0.05) is 127 Å². The smallest absolute Gasteiger partial charge is 0.0541 e. The number of rotatable bonds is 5. The summed E-state index contributed by atoms with van der Waals surface area (Å²) in [6.07, 6.45) is 0. The van der Waals surface area contributed by atoms with Gasteiger partial charge in [-0.2, -0.15) is 0 Å². The van der Waals surface area contributed by atoms with Crippen LogP contribution < -0.4 is 0 Å². The Morgan fingerprint density at radius 2 is 0.706 bits per heavy atom. The lowest BCUT2D eigenvalue weighted by molar-refractivity contribution is 1.17. The minimum absolute atomic E-state index is 1.17. The van der Waals surface area contributed by atoms with E-state index in [-0.39, 0.29) is 0 Å². The maximum atomic E-state index is 2.43. The molecule has 0 amide bonds. The fraction of sp³-hybridized carbons (Fsp3) is 0.0204. The van der Waals surface area contributed by atoms with Crippen molar-refractivity contribution >= 4 is 43.6 Å². The zero-order valence-electron chi connectivity index (χ0n) is 28.3. The zero-order valence-corrected chi connectivity index (χ0v) is 28.3. The molecule has 10 aromatic rings. The topological polar surface area (TPSA) is 9.86 Å². The van der Waals surface area contributed by atoms with E-state index in [1.165, 1.54) is 93.9 Å². The van der Waals surface area contributed by atoms with Gasteiger partial charge in [-0.05, 0) is 107 Å². The van der Waals surface area contributed by atoms with Crippen molar-refractivity contribution in [1.82, 2.24) is 9.13 Å². The largest absolute Gasteiger partial charge is 0.309 e. The number of aryl methyl sites for hydroxylation is 1. The van der Waals surface area contributed by atoms with E-state index in [0.29, 0.717) is 0 Å². The molecule has 2 heterocycles. The van der Waals surface area contributed by atoms with Crippen LogP contribution in [0.5, 0.6) is 0 Å². The minimum atomic E-state index is 1.17. The summed E-state index contributed by atoms with van der Waals surface area (Å²) in [5, 5.41) is 5.04. The fourth-order valence-corrected chi connectivity index (χ4v) is 7.98. The highest BCUT2D eigenvalue weighted by Crippen LogP contribution is 2.39. The van der Waals surface area contributed by atoms with E-state index < -0.39 is 0 Å². The first-order valence-electron chi connectivity index (χ1n) is 17.6. The summed E-state index contributed by atoms with van der Waals surface area (Å²) in [6, 6.07) is 68.5. The first kappa shape index (κ1) is 29.3. The van der Waals surface area contributed by atoms with Crippen LogP contribution in [0, 0.1) is 6.92 Å². The molecule has 8 aromatic carbocycles. The first-order valence-corrected chi connectivity index (χ1v) is 17.6. The zero-order chi connectivity index (χ0) is 33.9. The van der Waals surface area contributed by atoms with E-state index in [1.807, 2.05) is 0 Å². The fourth-order valence-electron chi connectivity index (χ4n) is 7.98. The minimum Gasteiger partial charge on any atom is -0.309 e. The predicted octanol–water partition coefficient (Wildman–Crippen LogP) is 13.2. The van der Waals surface area contributed by atoms with Crippen LogP contribution in [-0.2, 0) is 0 Å². The molecule has 2 nitrogen and oxygen atoms in total. The van der Waals surface area contributed by atoms with Crippen LogP contribution in [0.3, 0.4) is 0 Å². The highest BCUT2D eigenvalue weighted by atomic mass is 15.0. The molecule has 0 spiro atoms. The van der Waals surface area contributed by atoms with E-state index in [1.54, 1.807) is 0 Å². The van der Waals surface area contributed by atoms with Gasteiger partial charge in [0, 0.05) is 32.9 Å². The van der Waals surface area contributed by atoms with Crippen molar-refractivity contribution in [3.05, 3.63) is 194 Å². The molecule has 0 aliphatic heterocycles. The van der Waals surface area contributed by atoms with Crippen LogP contribution in [0.15, 0.2) is 188 Å². The lowest BCUT2D eigenvalue weighted by atomic mass is 9.98. The second-order valence-electron chi connectivity index (χ2n) is 13.5. The second kappa shape index (κ2) is 11.8. The predicted molar refractivity (Wildman–Crippen MR) is 216 cm³/mol. The lowest BCUT2D eigenvalue weighted by Crippen LogP contribution is -1.95. The highest BCUT2D eigenvalue weighted by molar-refractivity contribution is 6.12. The summed E-state index contributed by atoms with van der Waals surface area (Å²) in [4.78, 5) is 0. The average molecular weight is 651 g/mol. The quantitative estimate of drug-likeness (QED) is 0.175. The van der Waals surface area contributed by atoms with Crippen LogP contribution in [0.4, 0.5) is 0 Å². The normalized spacial score (nSPS) is 11.6. The van der Waals surface area contributed by atoms with Gasteiger partial charge in [0.1, 0.15) is 0 Å². The Bertz CT molecular complexity index is 2890. The Kier molecular flexibility index (Phi) is 6.75. The Balaban J connectivity index is 1.10. The van der Waals surface area contributed by atoms with Crippen molar-refractivity contribution in [2.45, 2.75) is 6.92 Å². The summed E-state index contributed by atoms with van der Waals surface area (Å²) < 4.78 is 4.80. The number of aromatic nitrogens is 2. The Hall–Kier alpha value is -6.64. The van der Waals surface area contributed by atoms with Crippen LogP contribution in [0.25, 0.3) is 88.4 Å². The summed E-state index contributed by atoms with van der Waals surface area (Å²) in [7, 11) is 0. The maximum absolute atomic E-state index is 2.43. The van der Waals surface area contributed by atoms with E-state index in [4.69, 9.17) is 0 Å². The van der Waals surface area contributed by atoms with Crippen LogP contribution in [0.2, 0.25) is 0 Å². The molecule has 2 aromatic heterocycles. The van der Waals surface area contributed by atoms with E-state index >= 15 is 0 Å². The molecular formula is C49H34N2. The summed E-state index contributed by atoms with van der Waals surface area (Å²) in [5.74, 6) is 0. The van der Waals surface area contributed by atoms with Gasteiger partial charge in [-0.15, -0.1) is 0 Å². The van der Waals surface area contributed by atoms with Crippen molar-refractivity contribution in [3.8, 4) is 44.8 Å². The maximum Gasteiger partial charge on any atom is 0.0541 e. The number of para-hydroxylation sites is 3. The standard InChI is InChI=1S/C49H34N2/c1-33-28-39(36-22-20-35(21-23-36)34-12-4-2-5-13-34)30-41(29-33)51-47-19-11-9-17-43(47)45-32-38(25-27-49(45)51)37-24-26-48-44(31-37)42-16-8-10-18-46(42)50(48)40-14-6-3-7-15-40/h2-32H,1H3. The number of hydrogen-bond donors (Lipinski definition) is 0. The molecule has 0 atom stereocenters. The second-order valence-corrected chi connectivity index (χ2v) is 13.5. The van der Waals surface area contributed by atoms with Crippen LogP contribution in [0.1, 0.15) is 5.56 Å². The summed E-state index contributed by atoms with van der Waals surface area (Å²) >= 11 is 0. The average Bonchev–Trinajstić information content (AvgIpc) is 3.71. The Labute approximate surface area is 297 Å². The van der Waals surface area contributed by atoms with Gasteiger partial charge in [-0.25, -0.2) is 0 Å². The molecule has 0 unspecified atom stereocenters. The Morgan fingerprint density at radius 1 is 0.275 bits per heavy atom. The number of benzene rings is 8. The van der Waals surface area contributed by atoms with Gasteiger partial charge in [0.15, 0.2) is 0 Å². The third-order valence-electron chi connectivity index (χ3n) is 10.3. The summed E-state index contributed by atoms with van der Waals surface area (Å²) in [5.41, 5.74) is 15.8. The molecular weight excluding hydrogens is 617 g/mol. The van der Waals surface area contributed by atoms with E-state index in [0.717, 1.165) is 0 Å². The van der Waals surface area contributed by atoms with Crippen LogP contribution >= 0.6 is 0 Å². The van der Waals surface area contributed by atoms with Gasteiger partial charge < -0.3 is 9.13 Å². The third kappa shape index (κ3) is 4.87. The molecule has 0 N–H and O–H groups in total. The molecule has 0 aliphatic carbocycles. The molecule has 0 aliphatic rings. The van der Waals surface area contributed by atoms with Crippen molar-refractivity contribution in [2.75, 3.05) is 0 Å². The van der Waals surface area contributed by atoms with Gasteiger partial charge in [0.25, 0.3) is 0 Å². The van der Waals surface area contributed by atoms with Gasteiger partial charge in [-0.3, -0.25) is 0 Å². The molecule has 240 valence electrons. The van der Waals surface area contributed by atoms with E-state index in [2.05, 4.69) is 204 Å². The van der Waals surface area contributed by atoms with Crippen molar-refractivity contribution in [1.29, 1.82) is 0 Å². The molecule has 10 rings (SSSR count). The Morgan fingerprint density at radius 3 is 1.29 bits per heavy atom. The van der Waals surface area contributed by atoms with Crippen molar-refractivity contribution in [2.24, 2.45) is 0 Å². The third-order valence-corrected chi connectivity index (χ3v) is 10.3. The molecule has 2 heteroatoms. The van der Waals surface area contributed by atoms with Crippen molar-refractivity contribution < 1.29 is 0 Å². The number of hydrogen-bond acceptors (Lipinski definition) is 0. The molecule has 51 heavy (non-hydrogen) atoms. The molecule has 0 bridgehead atoms. The lowest BCUT2D eigenvalue weighted by Gasteiger charge is -2.13. The molecule has 0 saturated carbocycles. The van der Waals surface area contributed by atoms with Gasteiger partial charge >= 0.3 is 0 Å². The molecule has 0 fully saturated rings. The van der Waals surface area contributed by atoms with Crippen molar-refractivity contribution in [3.63, 3.8) is 0 Å². The first-order chi connectivity index (χ1) is 25.2. The van der Waals surface area contributed by atoms with Gasteiger partial charge in [0.05, 0.1) is 22.1 Å². The number of fused-ring (bicyclic) bond motifs is 6. The monoisotopic (exact) mass is 650 g/mol. The summed E-state index contributed by atoms with van der Waals surface area (Å²) in [6.45, 7) is 2.20. The SMILES string of the molecule is Cc1cc(-c2ccc(-c3ccccc3)cc2)cc(-n2c3ccccc3c3cc(-c4ccc5c(c4)c4ccccc4n5-c4ccccc4)ccc32)c1.